The van der Waals surface area contributed by atoms with Gasteiger partial charge >= 0.3 is 12.0 Å². The number of amides is 2. The van der Waals surface area contributed by atoms with Crippen molar-refractivity contribution in [3.63, 3.8) is 0 Å². The zero-order valence-electron chi connectivity index (χ0n) is 17.9. The smallest absolute Gasteiger partial charge is 0.338 e. The molecule has 1 saturated heterocycles. The molecule has 3 rings (SSSR count). The molecule has 2 aliphatic heterocycles. The first kappa shape index (κ1) is 21.9. The molecule has 9 heteroatoms. The average Bonchev–Trinajstić information content (AvgIpc) is 2.76. The number of carbonyl (C=O) groups excluding carboxylic acids is 2. The van der Waals surface area contributed by atoms with Crippen molar-refractivity contribution in [2.24, 2.45) is 0 Å². The summed E-state index contributed by atoms with van der Waals surface area (Å²) in [6.07, 6.45) is 0. The highest BCUT2D eigenvalue weighted by Crippen LogP contribution is 2.40. The summed E-state index contributed by atoms with van der Waals surface area (Å²) >= 11 is 0. The Morgan fingerprint density at radius 2 is 1.97 bits per heavy atom. The SMILES string of the molecule is CCOC(=O)C1=C(CN2CCOCC2)N(C)C(=O)N[C@H]1c1cccc(OC)c1OC. The summed E-state index contributed by atoms with van der Waals surface area (Å²) in [6, 6.07) is 4.34. The van der Waals surface area contributed by atoms with Gasteiger partial charge in [0.25, 0.3) is 0 Å². The van der Waals surface area contributed by atoms with Gasteiger partial charge in [-0.3, -0.25) is 9.80 Å². The number of nitrogens with one attached hydrogen (secondary N) is 1. The highest BCUT2D eigenvalue weighted by Gasteiger charge is 2.39. The van der Waals surface area contributed by atoms with Crippen molar-refractivity contribution in [1.82, 2.24) is 15.1 Å². The van der Waals surface area contributed by atoms with Gasteiger partial charge in [-0.1, -0.05) is 12.1 Å². The molecule has 1 atom stereocenters. The van der Waals surface area contributed by atoms with Crippen LogP contribution in [0.3, 0.4) is 0 Å². The second-order valence-electron chi connectivity index (χ2n) is 6.99. The van der Waals surface area contributed by atoms with Gasteiger partial charge in [0.05, 0.1) is 45.7 Å². The maximum absolute atomic E-state index is 13.1. The molecule has 9 nitrogen and oxygen atoms in total. The zero-order chi connectivity index (χ0) is 21.7. The third-order valence-electron chi connectivity index (χ3n) is 5.29. The number of hydrogen-bond donors (Lipinski definition) is 1. The second kappa shape index (κ2) is 9.82. The summed E-state index contributed by atoms with van der Waals surface area (Å²) in [5, 5.41) is 2.91. The molecular weight excluding hydrogens is 390 g/mol. The number of carbonyl (C=O) groups is 2. The third-order valence-corrected chi connectivity index (χ3v) is 5.29. The molecule has 2 amide bonds. The van der Waals surface area contributed by atoms with Gasteiger partial charge in [0.15, 0.2) is 11.5 Å². The molecular formula is C21H29N3O6. The van der Waals surface area contributed by atoms with Crippen LogP contribution in [0.1, 0.15) is 18.5 Å². The molecule has 0 aromatic heterocycles. The molecule has 0 spiro atoms. The monoisotopic (exact) mass is 419 g/mol. The minimum Gasteiger partial charge on any atom is -0.493 e. The standard InChI is InChI=1S/C21H29N3O6/c1-5-30-20(25)17-15(13-24-9-11-29-12-10-24)23(2)21(26)22-18(17)14-7-6-8-16(27-3)19(14)28-4/h6-8,18H,5,9-13H2,1-4H3,(H,22,26)/t18-/m0/s1. The van der Waals surface area contributed by atoms with E-state index in [2.05, 4.69) is 10.2 Å². The van der Waals surface area contributed by atoms with Crippen LogP contribution in [0, 0.1) is 0 Å². The van der Waals surface area contributed by atoms with E-state index in [1.54, 1.807) is 33.2 Å². The minimum absolute atomic E-state index is 0.229. The molecule has 2 heterocycles. The number of urea groups is 1. The summed E-state index contributed by atoms with van der Waals surface area (Å²) in [4.78, 5) is 29.5. The normalized spacial score (nSPS) is 20.1. The Hall–Kier alpha value is -2.78. The van der Waals surface area contributed by atoms with Gasteiger partial charge in [-0.05, 0) is 13.0 Å². The van der Waals surface area contributed by atoms with Gasteiger partial charge in [0, 0.05) is 37.9 Å². The Bertz CT molecular complexity index is 819. The van der Waals surface area contributed by atoms with Gasteiger partial charge in [-0.2, -0.15) is 0 Å². The van der Waals surface area contributed by atoms with Crippen molar-refractivity contribution in [1.29, 1.82) is 0 Å². The number of morpholine rings is 1. The van der Waals surface area contributed by atoms with Crippen LogP contribution in [0.15, 0.2) is 29.5 Å². The van der Waals surface area contributed by atoms with E-state index in [4.69, 9.17) is 18.9 Å². The number of methoxy groups -OCH3 is 2. The van der Waals surface area contributed by atoms with E-state index >= 15 is 0 Å². The van der Waals surface area contributed by atoms with E-state index in [9.17, 15) is 9.59 Å². The number of hydrogen-bond acceptors (Lipinski definition) is 7. The minimum atomic E-state index is -0.728. The molecule has 2 aliphatic rings. The summed E-state index contributed by atoms with van der Waals surface area (Å²) < 4.78 is 21.8. The van der Waals surface area contributed by atoms with Crippen LogP contribution in [-0.4, -0.2) is 82.5 Å². The van der Waals surface area contributed by atoms with Crippen LogP contribution in [0.5, 0.6) is 11.5 Å². The lowest BCUT2D eigenvalue weighted by Crippen LogP contribution is -2.50. The number of likely N-dealkylation sites (N-methyl/N-ethyl adjacent to an activating group) is 1. The lowest BCUT2D eigenvalue weighted by Gasteiger charge is -2.37. The number of ether oxygens (including phenoxy) is 4. The molecule has 0 aliphatic carbocycles. The summed E-state index contributed by atoms with van der Waals surface area (Å²) in [6.45, 7) is 5.10. The summed E-state index contributed by atoms with van der Waals surface area (Å²) in [7, 11) is 4.73. The Morgan fingerprint density at radius 3 is 2.60 bits per heavy atom. The Morgan fingerprint density at radius 1 is 1.23 bits per heavy atom. The van der Waals surface area contributed by atoms with Gasteiger partial charge in [-0.15, -0.1) is 0 Å². The van der Waals surface area contributed by atoms with Crippen LogP contribution in [-0.2, 0) is 14.3 Å². The van der Waals surface area contributed by atoms with Crippen LogP contribution in [0.25, 0.3) is 0 Å². The van der Waals surface area contributed by atoms with E-state index < -0.39 is 12.0 Å². The highest BCUT2D eigenvalue weighted by molar-refractivity contribution is 5.95. The van der Waals surface area contributed by atoms with Gasteiger partial charge in [0.1, 0.15) is 0 Å². The van der Waals surface area contributed by atoms with E-state index in [1.165, 1.54) is 12.0 Å². The Labute approximate surface area is 176 Å². The van der Waals surface area contributed by atoms with Crippen molar-refractivity contribution in [3.8, 4) is 11.5 Å². The highest BCUT2D eigenvalue weighted by atomic mass is 16.5. The van der Waals surface area contributed by atoms with Crippen LogP contribution in [0.4, 0.5) is 4.79 Å². The van der Waals surface area contributed by atoms with E-state index in [1.807, 2.05) is 6.07 Å². The predicted octanol–water partition coefficient (Wildman–Crippen LogP) is 1.55. The van der Waals surface area contributed by atoms with E-state index in [0.29, 0.717) is 48.1 Å². The van der Waals surface area contributed by atoms with Gasteiger partial charge in [-0.25, -0.2) is 9.59 Å². The average molecular weight is 419 g/mol. The summed E-state index contributed by atoms with van der Waals surface area (Å²) in [5.74, 6) is 0.506. The maximum atomic E-state index is 13.1. The van der Waals surface area contributed by atoms with Crippen molar-refractivity contribution in [2.75, 3.05) is 60.7 Å². The van der Waals surface area contributed by atoms with E-state index in [-0.39, 0.29) is 12.6 Å². The van der Waals surface area contributed by atoms with Crippen molar-refractivity contribution in [3.05, 3.63) is 35.0 Å². The van der Waals surface area contributed by atoms with Crippen LogP contribution in [0.2, 0.25) is 0 Å². The Balaban J connectivity index is 2.12. The molecule has 0 radical (unpaired) electrons. The quantitative estimate of drug-likeness (QED) is 0.671. The molecule has 164 valence electrons. The second-order valence-corrected chi connectivity index (χ2v) is 6.99. The number of rotatable bonds is 7. The lowest BCUT2D eigenvalue weighted by atomic mass is 9.93. The Kier molecular flexibility index (Phi) is 7.17. The largest absolute Gasteiger partial charge is 0.493 e. The van der Waals surface area contributed by atoms with Gasteiger partial charge < -0.3 is 24.3 Å². The molecule has 0 saturated carbocycles. The topological polar surface area (TPSA) is 89.6 Å². The molecule has 1 aromatic rings. The van der Waals surface area contributed by atoms with Crippen molar-refractivity contribution < 1.29 is 28.5 Å². The zero-order valence-corrected chi connectivity index (χ0v) is 17.9. The molecule has 30 heavy (non-hydrogen) atoms. The van der Waals surface area contributed by atoms with Crippen LogP contribution < -0.4 is 14.8 Å². The fourth-order valence-electron chi connectivity index (χ4n) is 3.74. The van der Waals surface area contributed by atoms with E-state index in [0.717, 1.165) is 13.1 Å². The number of nitrogens with zero attached hydrogens (tertiary/aromatic N) is 2. The molecule has 0 bridgehead atoms. The van der Waals surface area contributed by atoms with Gasteiger partial charge in [0.2, 0.25) is 0 Å². The number of para-hydroxylation sites is 1. The first-order valence-electron chi connectivity index (χ1n) is 9.97. The van der Waals surface area contributed by atoms with Crippen molar-refractivity contribution in [2.45, 2.75) is 13.0 Å². The molecule has 1 N–H and O–H groups in total. The third kappa shape index (κ3) is 4.36. The molecule has 1 aromatic carbocycles. The number of esters is 1. The fraction of sp³-hybridized carbons (Fsp3) is 0.524. The maximum Gasteiger partial charge on any atom is 0.338 e. The number of benzene rings is 1. The first-order valence-corrected chi connectivity index (χ1v) is 9.97. The fourth-order valence-corrected chi connectivity index (χ4v) is 3.74. The summed E-state index contributed by atoms with van der Waals surface area (Å²) in [5.41, 5.74) is 1.62. The lowest BCUT2D eigenvalue weighted by molar-refractivity contribution is -0.139. The first-order chi connectivity index (χ1) is 14.5. The van der Waals surface area contributed by atoms with Crippen LogP contribution >= 0.6 is 0 Å². The molecule has 1 fully saturated rings. The molecule has 0 unspecified atom stereocenters. The predicted molar refractivity (Wildman–Crippen MR) is 109 cm³/mol. The van der Waals surface area contributed by atoms with Crippen molar-refractivity contribution >= 4 is 12.0 Å².